The van der Waals surface area contributed by atoms with E-state index in [2.05, 4.69) is 20.6 Å². The first-order chi connectivity index (χ1) is 13.5. The van der Waals surface area contributed by atoms with Crippen molar-refractivity contribution in [2.45, 2.75) is 44.3 Å². The average molecular weight is 379 g/mol. The van der Waals surface area contributed by atoms with Gasteiger partial charge in [0.2, 0.25) is 11.8 Å². The van der Waals surface area contributed by atoms with E-state index in [1.54, 1.807) is 4.68 Å². The van der Waals surface area contributed by atoms with Gasteiger partial charge in [-0.2, -0.15) is 5.10 Å². The molecule has 3 aliphatic heterocycles. The normalized spacial score (nSPS) is 28.4. The van der Waals surface area contributed by atoms with Crippen LogP contribution in [0.25, 0.3) is 0 Å². The fraction of sp³-hybridized carbons (Fsp3) is 0.476. The molecule has 3 atom stereocenters. The number of anilines is 1. The standard InChI is InChI=1S/C21H25N5O2/c1-13-14(12-25(2)24-13)11-22-19(27)17-10-15-6-5-9-26(15)21(17)16-7-3-4-8-18(16)23-20(21)28/h3-4,7-8,12,15,17H,5-6,9-11H2,1-2H3,(H,22,27)(H,23,28)/t15-,17+,21+/m1/s1. The van der Waals surface area contributed by atoms with Crippen molar-refractivity contribution < 1.29 is 9.59 Å². The summed E-state index contributed by atoms with van der Waals surface area (Å²) in [5.74, 6) is -0.501. The van der Waals surface area contributed by atoms with E-state index in [9.17, 15) is 9.59 Å². The predicted molar refractivity (Wildman–Crippen MR) is 104 cm³/mol. The lowest BCUT2D eigenvalue weighted by Crippen LogP contribution is -2.54. The maximum atomic E-state index is 13.3. The van der Waals surface area contributed by atoms with Gasteiger partial charge in [0.1, 0.15) is 5.54 Å². The Bertz CT molecular complexity index is 967. The highest BCUT2D eigenvalue weighted by molar-refractivity contribution is 6.09. The third-order valence-corrected chi connectivity index (χ3v) is 6.66. The molecule has 0 unspecified atom stereocenters. The second-order valence-electron chi connectivity index (χ2n) is 8.18. The second kappa shape index (κ2) is 6.17. The number of amides is 2. The summed E-state index contributed by atoms with van der Waals surface area (Å²) in [4.78, 5) is 28.9. The minimum atomic E-state index is -0.883. The van der Waals surface area contributed by atoms with Gasteiger partial charge in [-0.15, -0.1) is 0 Å². The summed E-state index contributed by atoms with van der Waals surface area (Å²) in [5.41, 5.74) is 2.81. The van der Waals surface area contributed by atoms with Gasteiger partial charge in [-0.3, -0.25) is 19.2 Å². The fourth-order valence-electron chi connectivity index (χ4n) is 5.51. The average Bonchev–Trinajstić information content (AvgIpc) is 3.39. The molecule has 1 aromatic heterocycles. The van der Waals surface area contributed by atoms with Crippen LogP contribution in [0.4, 0.5) is 5.69 Å². The Morgan fingerprint density at radius 3 is 3.00 bits per heavy atom. The monoisotopic (exact) mass is 379 g/mol. The van der Waals surface area contributed by atoms with Gasteiger partial charge >= 0.3 is 0 Å². The molecule has 7 heteroatoms. The highest BCUT2D eigenvalue weighted by Crippen LogP contribution is 2.55. The zero-order chi connectivity index (χ0) is 19.5. The topological polar surface area (TPSA) is 79.3 Å². The lowest BCUT2D eigenvalue weighted by atomic mass is 9.78. The molecule has 2 N–H and O–H groups in total. The molecule has 7 nitrogen and oxygen atoms in total. The molecule has 1 aromatic carbocycles. The predicted octanol–water partition coefficient (Wildman–Crippen LogP) is 1.68. The van der Waals surface area contributed by atoms with Crippen LogP contribution in [0.3, 0.4) is 0 Å². The largest absolute Gasteiger partial charge is 0.352 e. The van der Waals surface area contributed by atoms with E-state index >= 15 is 0 Å². The Morgan fingerprint density at radius 1 is 1.39 bits per heavy atom. The Hall–Kier alpha value is -2.67. The van der Waals surface area contributed by atoms with Crippen molar-refractivity contribution in [3.8, 4) is 0 Å². The molecule has 2 saturated heterocycles. The summed E-state index contributed by atoms with van der Waals surface area (Å²) >= 11 is 0. The molecule has 146 valence electrons. The molecule has 0 aliphatic carbocycles. The van der Waals surface area contributed by atoms with Gasteiger partial charge in [0.25, 0.3) is 0 Å². The van der Waals surface area contributed by atoms with E-state index in [0.717, 1.165) is 48.3 Å². The number of rotatable bonds is 3. The number of carbonyl (C=O) groups is 2. The lowest BCUT2D eigenvalue weighted by molar-refractivity contribution is -0.137. The quantitative estimate of drug-likeness (QED) is 0.850. The number of aryl methyl sites for hydroxylation is 2. The first-order valence-corrected chi connectivity index (χ1v) is 9.96. The number of benzene rings is 1. The third-order valence-electron chi connectivity index (χ3n) is 6.66. The van der Waals surface area contributed by atoms with E-state index in [1.807, 2.05) is 44.4 Å². The number of aromatic nitrogens is 2. The van der Waals surface area contributed by atoms with Gasteiger partial charge in [0.05, 0.1) is 11.6 Å². The first-order valence-electron chi connectivity index (χ1n) is 9.96. The fourth-order valence-corrected chi connectivity index (χ4v) is 5.51. The number of nitrogens with zero attached hydrogens (tertiary/aromatic N) is 3. The van der Waals surface area contributed by atoms with Crippen LogP contribution >= 0.6 is 0 Å². The van der Waals surface area contributed by atoms with Crippen LogP contribution in [0.1, 0.15) is 36.1 Å². The number of hydrogen-bond donors (Lipinski definition) is 2. The highest BCUT2D eigenvalue weighted by atomic mass is 16.2. The Kier molecular flexibility index (Phi) is 3.84. The van der Waals surface area contributed by atoms with E-state index in [1.165, 1.54) is 0 Å². The second-order valence-corrected chi connectivity index (χ2v) is 8.18. The first kappa shape index (κ1) is 17.4. The van der Waals surface area contributed by atoms with Crippen LogP contribution < -0.4 is 10.6 Å². The maximum absolute atomic E-state index is 13.3. The number of hydrogen-bond acceptors (Lipinski definition) is 4. The van der Waals surface area contributed by atoms with Crippen molar-refractivity contribution >= 4 is 17.5 Å². The smallest absolute Gasteiger partial charge is 0.250 e. The number of para-hydroxylation sites is 1. The number of fused-ring (bicyclic) bond motifs is 4. The van der Waals surface area contributed by atoms with Crippen molar-refractivity contribution in [2.75, 3.05) is 11.9 Å². The molecule has 4 heterocycles. The van der Waals surface area contributed by atoms with Crippen molar-refractivity contribution in [1.29, 1.82) is 0 Å². The maximum Gasteiger partial charge on any atom is 0.250 e. The molecule has 0 radical (unpaired) electrons. The van der Waals surface area contributed by atoms with E-state index in [0.29, 0.717) is 6.54 Å². The van der Waals surface area contributed by atoms with Gasteiger partial charge in [-0.05, 0) is 38.8 Å². The van der Waals surface area contributed by atoms with Crippen molar-refractivity contribution in [3.05, 3.63) is 47.3 Å². The Balaban J connectivity index is 1.49. The van der Waals surface area contributed by atoms with Gasteiger partial charge in [-0.1, -0.05) is 18.2 Å². The van der Waals surface area contributed by atoms with Crippen LogP contribution in [0.2, 0.25) is 0 Å². The van der Waals surface area contributed by atoms with Gasteiger partial charge in [0.15, 0.2) is 0 Å². The van der Waals surface area contributed by atoms with Crippen LogP contribution in [0, 0.1) is 12.8 Å². The van der Waals surface area contributed by atoms with E-state index in [4.69, 9.17) is 0 Å². The summed E-state index contributed by atoms with van der Waals surface area (Å²) in [7, 11) is 1.87. The van der Waals surface area contributed by atoms with Crippen molar-refractivity contribution in [3.63, 3.8) is 0 Å². The zero-order valence-electron chi connectivity index (χ0n) is 16.2. The van der Waals surface area contributed by atoms with Crippen molar-refractivity contribution in [1.82, 2.24) is 20.0 Å². The Morgan fingerprint density at radius 2 is 2.21 bits per heavy atom. The van der Waals surface area contributed by atoms with Gasteiger partial charge in [-0.25, -0.2) is 0 Å². The molecule has 1 spiro atoms. The molecule has 0 bridgehead atoms. The summed E-state index contributed by atoms with van der Waals surface area (Å²) in [6.45, 7) is 3.23. The SMILES string of the molecule is Cc1nn(C)cc1CNC(=O)[C@@H]1C[C@H]2CCCN2[C@]12C(=O)Nc1ccccc12. The lowest BCUT2D eigenvalue weighted by Gasteiger charge is -2.36. The van der Waals surface area contributed by atoms with E-state index in [-0.39, 0.29) is 17.9 Å². The molecule has 5 rings (SSSR count). The molecule has 2 aromatic rings. The highest BCUT2D eigenvalue weighted by Gasteiger charge is 2.65. The molecule has 2 fully saturated rings. The molecule has 3 aliphatic rings. The third kappa shape index (κ3) is 2.29. The minimum absolute atomic E-state index is 0.0514. The summed E-state index contributed by atoms with van der Waals surface area (Å²) in [5, 5.41) is 10.5. The van der Waals surface area contributed by atoms with E-state index < -0.39 is 11.5 Å². The molecular formula is C21H25N5O2. The van der Waals surface area contributed by atoms with Crippen LogP contribution in [-0.4, -0.2) is 39.1 Å². The number of carbonyl (C=O) groups excluding carboxylic acids is 2. The summed E-state index contributed by atoms with van der Waals surface area (Å²) in [6.07, 6.45) is 4.77. The minimum Gasteiger partial charge on any atom is -0.352 e. The van der Waals surface area contributed by atoms with Crippen LogP contribution in [-0.2, 0) is 28.7 Å². The summed E-state index contributed by atoms with van der Waals surface area (Å²) < 4.78 is 1.75. The summed E-state index contributed by atoms with van der Waals surface area (Å²) in [6, 6.07) is 8.10. The van der Waals surface area contributed by atoms with Crippen molar-refractivity contribution in [2.24, 2.45) is 13.0 Å². The number of nitrogens with one attached hydrogen (secondary N) is 2. The zero-order valence-corrected chi connectivity index (χ0v) is 16.2. The van der Waals surface area contributed by atoms with Crippen LogP contribution in [0.5, 0.6) is 0 Å². The van der Waals surface area contributed by atoms with Gasteiger partial charge < -0.3 is 10.6 Å². The molecule has 28 heavy (non-hydrogen) atoms. The Labute approximate surface area is 164 Å². The molecular weight excluding hydrogens is 354 g/mol. The van der Waals surface area contributed by atoms with Gasteiger partial charge in [0, 0.05) is 42.6 Å². The molecule has 2 amide bonds. The van der Waals surface area contributed by atoms with Crippen LogP contribution in [0.15, 0.2) is 30.5 Å². The molecule has 0 saturated carbocycles.